The molecule has 0 spiro atoms. The Morgan fingerprint density at radius 1 is 0.943 bits per heavy atom. The van der Waals surface area contributed by atoms with E-state index in [0.717, 1.165) is 11.3 Å². The molecule has 5 aromatic rings. The summed E-state index contributed by atoms with van der Waals surface area (Å²) in [6.45, 7) is 2.03. The molecule has 0 aliphatic heterocycles. The molecule has 1 N–H and O–H groups in total. The maximum atomic E-state index is 14.1. The van der Waals surface area contributed by atoms with Gasteiger partial charge in [0.2, 0.25) is 0 Å². The van der Waals surface area contributed by atoms with Crippen LogP contribution in [-0.2, 0) is 6.54 Å². The van der Waals surface area contributed by atoms with E-state index >= 15 is 0 Å². The van der Waals surface area contributed by atoms with Crippen molar-refractivity contribution in [1.29, 1.82) is 0 Å². The van der Waals surface area contributed by atoms with E-state index in [1.165, 1.54) is 10.7 Å². The molecule has 0 radical (unpaired) electrons. The van der Waals surface area contributed by atoms with Crippen molar-refractivity contribution in [1.82, 2.24) is 19.6 Å². The summed E-state index contributed by atoms with van der Waals surface area (Å²) in [6.07, 6.45) is 1.56. The summed E-state index contributed by atoms with van der Waals surface area (Å²) in [6, 6.07) is 25.6. The highest BCUT2D eigenvalue weighted by Crippen LogP contribution is 2.29. The highest BCUT2D eigenvalue weighted by Gasteiger charge is 2.24. The van der Waals surface area contributed by atoms with Crippen molar-refractivity contribution in [3.05, 3.63) is 119 Å². The maximum Gasteiger partial charge on any atom is 0.261 e. The largest absolute Gasteiger partial charge is 0.304 e. The first-order valence-electron chi connectivity index (χ1n) is 11.0. The summed E-state index contributed by atoms with van der Waals surface area (Å²) >= 11 is 6.37. The van der Waals surface area contributed by atoms with Gasteiger partial charge in [-0.3, -0.25) is 9.48 Å². The minimum Gasteiger partial charge on any atom is -0.304 e. The van der Waals surface area contributed by atoms with Crippen LogP contribution in [0.4, 0.5) is 10.2 Å². The van der Waals surface area contributed by atoms with Crippen LogP contribution in [0.25, 0.3) is 16.9 Å². The van der Waals surface area contributed by atoms with Gasteiger partial charge in [-0.25, -0.2) is 9.07 Å². The number of para-hydroxylation sites is 1. The summed E-state index contributed by atoms with van der Waals surface area (Å²) < 4.78 is 17.3. The van der Waals surface area contributed by atoms with Crippen LogP contribution in [0.5, 0.6) is 0 Å². The summed E-state index contributed by atoms with van der Waals surface area (Å²) in [5, 5.41) is 12.2. The molecule has 8 heteroatoms. The monoisotopic (exact) mass is 485 g/mol. The van der Waals surface area contributed by atoms with Gasteiger partial charge in [-0.05, 0) is 25.1 Å². The van der Waals surface area contributed by atoms with Gasteiger partial charge in [0.15, 0.2) is 5.82 Å². The van der Waals surface area contributed by atoms with E-state index in [1.54, 1.807) is 29.1 Å². The van der Waals surface area contributed by atoms with Gasteiger partial charge in [-0.15, -0.1) is 0 Å². The molecule has 174 valence electrons. The first-order valence-corrected chi connectivity index (χ1v) is 11.4. The number of carbonyl (C=O) groups is 1. The Balaban J connectivity index is 1.49. The summed E-state index contributed by atoms with van der Waals surface area (Å²) in [5.74, 6) is -0.526. The van der Waals surface area contributed by atoms with Crippen LogP contribution >= 0.6 is 11.6 Å². The van der Waals surface area contributed by atoms with Crippen molar-refractivity contribution in [3.63, 3.8) is 0 Å². The lowest BCUT2D eigenvalue weighted by Gasteiger charge is -2.06. The Bertz CT molecular complexity index is 1500. The SMILES string of the molecule is Cc1c(C(=O)Nc2nn(Cc3ccccc3F)cc2Cl)c(-c2ccccc2)nn1-c1ccccc1. The second-order valence-electron chi connectivity index (χ2n) is 7.99. The number of nitrogens with one attached hydrogen (secondary N) is 1. The Morgan fingerprint density at radius 2 is 1.60 bits per heavy atom. The molecular formula is C27H21ClFN5O. The van der Waals surface area contributed by atoms with Gasteiger partial charge in [0.05, 0.1) is 23.5 Å². The van der Waals surface area contributed by atoms with Gasteiger partial charge in [0, 0.05) is 17.3 Å². The predicted octanol–water partition coefficient (Wildman–Crippen LogP) is 6.14. The Labute approximate surface area is 206 Å². The van der Waals surface area contributed by atoms with Crippen molar-refractivity contribution in [2.45, 2.75) is 13.5 Å². The first-order chi connectivity index (χ1) is 17.0. The van der Waals surface area contributed by atoms with Crippen molar-refractivity contribution >= 4 is 23.3 Å². The third kappa shape index (κ3) is 4.58. The van der Waals surface area contributed by atoms with Gasteiger partial charge in [-0.1, -0.05) is 78.3 Å². The van der Waals surface area contributed by atoms with Gasteiger partial charge >= 0.3 is 0 Å². The van der Waals surface area contributed by atoms with Crippen LogP contribution in [0.15, 0.2) is 91.1 Å². The number of amides is 1. The zero-order valence-corrected chi connectivity index (χ0v) is 19.6. The molecule has 3 aromatic carbocycles. The number of hydrogen-bond acceptors (Lipinski definition) is 3. The lowest BCUT2D eigenvalue weighted by atomic mass is 10.1. The Kier molecular flexibility index (Phi) is 6.16. The topological polar surface area (TPSA) is 64.7 Å². The molecule has 0 bridgehead atoms. The molecular weight excluding hydrogens is 465 g/mol. The molecule has 0 unspecified atom stereocenters. The molecule has 1 amide bonds. The lowest BCUT2D eigenvalue weighted by molar-refractivity contribution is 0.102. The molecule has 0 aliphatic carbocycles. The maximum absolute atomic E-state index is 14.1. The van der Waals surface area contributed by atoms with Crippen LogP contribution in [0.3, 0.4) is 0 Å². The van der Waals surface area contributed by atoms with E-state index < -0.39 is 0 Å². The summed E-state index contributed by atoms with van der Waals surface area (Å²) in [7, 11) is 0. The quantitative estimate of drug-likeness (QED) is 0.314. The second-order valence-corrected chi connectivity index (χ2v) is 8.40. The third-order valence-corrected chi connectivity index (χ3v) is 5.91. The number of nitrogens with zero attached hydrogens (tertiary/aromatic N) is 4. The third-order valence-electron chi connectivity index (χ3n) is 5.63. The number of halogens is 2. The molecule has 2 aromatic heterocycles. The van der Waals surface area contributed by atoms with Gasteiger partial charge < -0.3 is 5.32 Å². The molecule has 5 rings (SSSR count). The minimum atomic E-state index is -0.387. The van der Waals surface area contributed by atoms with E-state index in [1.807, 2.05) is 67.6 Å². The number of benzene rings is 3. The van der Waals surface area contributed by atoms with E-state index in [9.17, 15) is 9.18 Å². The molecule has 2 heterocycles. The van der Waals surface area contributed by atoms with Crippen LogP contribution in [0.2, 0.25) is 5.02 Å². The van der Waals surface area contributed by atoms with E-state index in [-0.39, 0.29) is 29.1 Å². The average Bonchev–Trinajstić information content (AvgIpc) is 3.40. The van der Waals surface area contributed by atoms with Crippen molar-refractivity contribution in [2.75, 3.05) is 5.32 Å². The average molecular weight is 486 g/mol. The van der Waals surface area contributed by atoms with Crippen molar-refractivity contribution < 1.29 is 9.18 Å². The standard InChI is InChI=1S/C27H21ClFN5O/c1-18-24(25(19-10-4-2-5-11-19)31-34(18)21-13-6-3-7-14-21)27(35)30-26-22(28)17-33(32-26)16-20-12-8-9-15-23(20)29/h2-15,17H,16H2,1H3,(H,30,32,35). The van der Waals surface area contributed by atoms with Gasteiger partial charge in [-0.2, -0.15) is 10.2 Å². The number of carbonyl (C=O) groups excluding carboxylic acids is 1. The summed E-state index contributed by atoms with van der Waals surface area (Å²) in [5.41, 5.74) is 3.76. The molecule has 0 saturated carbocycles. The number of rotatable bonds is 6. The predicted molar refractivity (Wildman–Crippen MR) is 134 cm³/mol. The molecule has 0 saturated heterocycles. The fraction of sp³-hybridized carbons (Fsp3) is 0.0741. The fourth-order valence-electron chi connectivity index (χ4n) is 3.93. The minimum absolute atomic E-state index is 0.183. The van der Waals surface area contributed by atoms with Crippen molar-refractivity contribution in [3.8, 4) is 16.9 Å². The van der Waals surface area contributed by atoms with E-state index in [0.29, 0.717) is 22.5 Å². The van der Waals surface area contributed by atoms with Crippen LogP contribution < -0.4 is 5.32 Å². The first kappa shape index (κ1) is 22.6. The summed E-state index contributed by atoms with van der Waals surface area (Å²) in [4.78, 5) is 13.5. The number of anilines is 1. The van der Waals surface area contributed by atoms with Gasteiger partial charge in [0.1, 0.15) is 16.5 Å². The zero-order valence-electron chi connectivity index (χ0n) is 18.8. The smallest absolute Gasteiger partial charge is 0.261 e. The number of hydrogen-bond donors (Lipinski definition) is 1. The molecule has 6 nitrogen and oxygen atoms in total. The molecule has 0 aliphatic rings. The van der Waals surface area contributed by atoms with Crippen molar-refractivity contribution in [2.24, 2.45) is 0 Å². The van der Waals surface area contributed by atoms with E-state index in [4.69, 9.17) is 16.7 Å². The zero-order chi connectivity index (χ0) is 24.4. The van der Waals surface area contributed by atoms with Crippen LogP contribution in [-0.4, -0.2) is 25.5 Å². The second kappa shape index (κ2) is 9.56. The van der Waals surface area contributed by atoms with E-state index in [2.05, 4.69) is 10.4 Å². The fourth-order valence-corrected chi connectivity index (χ4v) is 4.12. The van der Waals surface area contributed by atoms with Crippen LogP contribution in [0, 0.1) is 12.7 Å². The highest BCUT2D eigenvalue weighted by atomic mass is 35.5. The Morgan fingerprint density at radius 3 is 2.31 bits per heavy atom. The Hall–Kier alpha value is -4.23. The number of aromatic nitrogens is 4. The van der Waals surface area contributed by atoms with Crippen LogP contribution in [0.1, 0.15) is 21.6 Å². The highest BCUT2D eigenvalue weighted by molar-refractivity contribution is 6.33. The normalized spacial score (nSPS) is 10.9. The molecule has 0 atom stereocenters. The molecule has 0 fully saturated rings. The molecule has 35 heavy (non-hydrogen) atoms. The van der Waals surface area contributed by atoms with Gasteiger partial charge in [0.25, 0.3) is 5.91 Å². The lowest BCUT2D eigenvalue weighted by Crippen LogP contribution is -2.15.